The van der Waals surface area contributed by atoms with Crippen molar-refractivity contribution in [2.24, 2.45) is 11.8 Å². The minimum atomic E-state index is -0.826. The molecular formula is C17H22Cl2Zr. The van der Waals surface area contributed by atoms with E-state index in [0.717, 1.165) is 11.8 Å². The number of hydrogen-bond donors (Lipinski definition) is 0. The van der Waals surface area contributed by atoms with E-state index in [9.17, 15) is 0 Å². The molecule has 0 saturated heterocycles. The molecular weight excluding hydrogens is 366 g/mol. The van der Waals surface area contributed by atoms with Crippen LogP contribution in [-0.2, 0) is 20.8 Å². The molecule has 1 saturated carbocycles. The Balaban J connectivity index is 0.000000188. The van der Waals surface area contributed by atoms with Gasteiger partial charge in [-0.2, -0.15) is 17.7 Å². The van der Waals surface area contributed by atoms with Crippen LogP contribution < -0.4 is 0 Å². The molecule has 2 atom stereocenters. The third kappa shape index (κ3) is 5.88. The molecule has 0 bridgehead atoms. The fourth-order valence-corrected chi connectivity index (χ4v) is 2.86. The van der Waals surface area contributed by atoms with Crippen molar-refractivity contribution in [2.45, 2.75) is 33.6 Å². The van der Waals surface area contributed by atoms with Crippen molar-refractivity contribution in [2.75, 3.05) is 0 Å². The van der Waals surface area contributed by atoms with Crippen LogP contribution in [-0.4, -0.2) is 0 Å². The van der Waals surface area contributed by atoms with E-state index in [2.05, 4.69) is 51.1 Å². The molecule has 3 rings (SSSR count). The summed E-state index contributed by atoms with van der Waals surface area (Å²) in [7, 11) is 9.87. The summed E-state index contributed by atoms with van der Waals surface area (Å²) in [4.78, 5) is 0. The summed E-state index contributed by atoms with van der Waals surface area (Å²) in [5.41, 5.74) is 2.97. The molecule has 0 spiro atoms. The molecule has 3 heteroatoms. The SMILES string of the molecule is C[C-]1CC(C)C2CC=CC=C12.C[c-]1cccc1.[Cl][Zr+2][Cl]. The first-order valence-corrected chi connectivity index (χ1v) is 13.3. The van der Waals surface area contributed by atoms with Crippen LogP contribution in [0.25, 0.3) is 0 Å². The second kappa shape index (κ2) is 9.98. The summed E-state index contributed by atoms with van der Waals surface area (Å²) in [5.74, 6) is 3.35. The fourth-order valence-electron chi connectivity index (χ4n) is 2.86. The summed E-state index contributed by atoms with van der Waals surface area (Å²) in [5, 5.41) is 0. The van der Waals surface area contributed by atoms with E-state index < -0.39 is 20.8 Å². The number of aryl methyl sites for hydroxylation is 1. The van der Waals surface area contributed by atoms with Crippen molar-refractivity contribution in [3.63, 3.8) is 0 Å². The van der Waals surface area contributed by atoms with Crippen LogP contribution in [0.1, 0.15) is 32.3 Å². The maximum atomic E-state index is 4.93. The first-order chi connectivity index (χ1) is 9.60. The number of fused-ring (bicyclic) bond motifs is 1. The molecule has 0 heterocycles. The molecule has 20 heavy (non-hydrogen) atoms. The molecule has 2 aliphatic rings. The van der Waals surface area contributed by atoms with E-state index in [1.165, 1.54) is 18.4 Å². The molecule has 108 valence electrons. The predicted octanol–water partition coefficient (Wildman–Crippen LogP) is 6.21. The number of allylic oxidation sites excluding steroid dienone is 4. The third-order valence-corrected chi connectivity index (χ3v) is 3.84. The topological polar surface area (TPSA) is 0 Å². The number of halogens is 2. The second-order valence-electron chi connectivity index (χ2n) is 5.39. The van der Waals surface area contributed by atoms with Crippen molar-refractivity contribution in [3.05, 3.63) is 59.5 Å². The maximum absolute atomic E-state index is 4.93. The van der Waals surface area contributed by atoms with Crippen LogP contribution in [0.2, 0.25) is 0 Å². The van der Waals surface area contributed by atoms with Crippen LogP contribution in [0.4, 0.5) is 0 Å². The first-order valence-electron chi connectivity index (χ1n) is 6.94. The summed E-state index contributed by atoms with van der Waals surface area (Å²) >= 11 is -0.826. The molecule has 1 aromatic carbocycles. The Kier molecular flexibility index (Phi) is 9.09. The average molecular weight is 388 g/mol. The van der Waals surface area contributed by atoms with Gasteiger partial charge in [0.05, 0.1) is 0 Å². The minimum absolute atomic E-state index is 0.826. The van der Waals surface area contributed by atoms with Crippen molar-refractivity contribution in [3.8, 4) is 0 Å². The first kappa shape index (κ1) is 18.2. The zero-order valence-corrected chi connectivity index (χ0v) is 16.3. The quantitative estimate of drug-likeness (QED) is 0.463. The zero-order chi connectivity index (χ0) is 15.0. The average Bonchev–Trinajstić information content (AvgIpc) is 3.01. The molecule has 0 amide bonds. The molecule has 1 aromatic rings. The van der Waals surface area contributed by atoms with Crippen LogP contribution in [0.15, 0.2) is 48.1 Å². The predicted molar refractivity (Wildman–Crippen MR) is 86.5 cm³/mol. The molecule has 0 radical (unpaired) electrons. The fraction of sp³-hybridized carbons (Fsp3) is 0.412. The van der Waals surface area contributed by atoms with Gasteiger partial charge in [0.2, 0.25) is 0 Å². The Morgan fingerprint density at radius 3 is 2.25 bits per heavy atom. The van der Waals surface area contributed by atoms with Gasteiger partial charge >= 0.3 is 37.9 Å². The normalized spacial score (nSPS) is 22.6. The van der Waals surface area contributed by atoms with Crippen LogP contribution in [0.5, 0.6) is 0 Å². The van der Waals surface area contributed by atoms with Crippen molar-refractivity contribution >= 4 is 17.0 Å². The number of hydrogen-bond acceptors (Lipinski definition) is 0. The zero-order valence-electron chi connectivity index (χ0n) is 12.4. The van der Waals surface area contributed by atoms with Gasteiger partial charge < -0.3 is 0 Å². The van der Waals surface area contributed by atoms with Gasteiger partial charge in [0.1, 0.15) is 0 Å². The monoisotopic (exact) mass is 386 g/mol. The van der Waals surface area contributed by atoms with E-state index in [-0.39, 0.29) is 0 Å². The molecule has 1 fully saturated rings. The van der Waals surface area contributed by atoms with E-state index >= 15 is 0 Å². The van der Waals surface area contributed by atoms with Crippen LogP contribution in [0.3, 0.4) is 0 Å². The Labute approximate surface area is 142 Å². The van der Waals surface area contributed by atoms with Crippen LogP contribution >= 0.6 is 17.0 Å². The van der Waals surface area contributed by atoms with Gasteiger partial charge in [-0.05, 0) is 12.3 Å². The van der Waals surface area contributed by atoms with Crippen molar-refractivity contribution in [1.29, 1.82) is 0 Å². The Morgan fingerprint density at radius 2 is 1.80 bits per heavy atom. The Morgan fingerprint density at radius 1 is 1.20 bits per heavy atom. The molecule has 0 aliphatic heterocycles. The molecule has 2 aliphatic carbocycles. The van der Waals surface area contributed by atoms with Crippen molar-refractivity contribution < 1.29 is 20.8 Å². The van der Waals surface area contributed by atoms with E-state index in [1.807, 2.05) is 12.1 Å². The summed E-state index contributed by atoms with van der Waals surface area (Å²) < 4.78 is 0. The third-order valence-electron chi connectivity index (χ3n) is 3.84. The Bertz CT molecular complexity index is 420. The molecule has 2 unspecified atom stereocenters. The van der Waals surface area contributed by atoms with Gasteiger partial charge in [-0.1, -0.05) is 26.2 Å². The van der Waals surface area contributed by atoms with Crippen LogP contribution in [0, 0.1) is 24.7 Å². The summed E-state index contributed by atoms with van der Waals surface area (Å²) in [6.45, 7) is 6.73. The van der Waals surface area contributed by atoms with E-state index in [1.54, 1.807) is 11.5 Å². The van der Waals surface area contributed by atoms with Gasteiger partial charge in [-0.3, -0.25) is 0 Å². The Hall–Kier alpha value is 0.163. The second-order valence-corrected chi connectivity index (χ2v) is 9.12. The molecule has 0 N–H and O–H groups in total. The van der Waals surface area contributed by atoms with Gasteiger partial charge in [-0.15, -0.1) is 19.1 Å². The van der Waals surface area contributed by atoms with Gasteiger partial charge in [0.15, 0.2) is 0 Å². The van der Waals surface area contributed by atoms with Crippen molar-refractivity contribution in [1.82, 2.24) is 0 Å². The number of rotatable bonds is 0. The van der Waals surface area contributed by atoms with Gasteiger partial charge in [-0.25, -0.2) is 29.7 Å². The molecule has 0 aromatic heterocycles. The molecule has 0 nitrogen and oxygen atoms in total. The summed E-state index contributed by atoms with van der Waals surface area (Å²) in [6, 6.07) is 8.24. The van der Waals surface area contributed by atoms with E-state index in [4.69, 9.17) is 17.0 Å². The van der Waals surface area contributed by atoms with Gasteiger partial charge in [0.25, 0.3) is 0 Å². The standard InChI is InChI=1S/C11H15.C6H7.2ClH.Zr/c1-8-7-9(2)11-6-4-3-5-10(8)11;1-6-4-2-3-5-6;;;/h3-5,9,11H,6-7H2,1-2H3;2-5H,1H3;2*1H;/q2*-1;;;+4/p-2. The summed E-state index contributed by atoms with van der Waals surface area (Å²) in [6.07, 6.45) is 9.38. The van der Waals surface area contributed by atoms with E-state index in [0.29, 0.717) is 0 Å². The van der Waals surface area contributed by atoms with Gasteiger partial charge in [0, 0.05) is 0 Å².